The number of hydrogen-bond donors (Lipinski definition) is 1. The van der Waals surface area contributed by atoms with Crippen LogP contribution in [0.3, 0.4) is 0 Å². The number of thioether (sulfide) groups is 1. The average Bonchev–Trinajstić information content (AvgIpc) is 3.43. The highest BCUT2D eigenvalue weighted by atomic mass is 32.2. The number of fused-ring (bicyclic) bond motifs is 3. The van der Waals surface area contributed by atoms with Gasteiger partial charge in [0.25, 0.3) is 0 Å². The Labute approximate surface area is 225 Å². The largest absolute Gasteiger partial charge is 0.396 e. The summed E-state index contributed by atoms with van der Waals surface area (Å²) in [5, 5.41) is 17.9. The Bertz CT molecular complexity index is 1360. The summed E-state index contributed by atoms with van der Waals surface area (Å²) < 4.78 is 0.224. The molecule has 1 N–H and O–H groups in total. The molecule has 4 aliphatic heterocycles. The lowest BCUT2D eigenvalue weighted by molar-refractivity contribution is -0.145. The van der Waals surface area contributed by atoms with Gasteiger partial charge in [-0.3, -0.25) is 14.4 Å². The molecule has 2 aromatic rings. The molecule has 1 unspecified atom stereocenters. The van der Waals surface area contributed by atoms with Crippen molar-refractivity contribution in [3.8, 4) is 0 Å². The molecule has 6 rings (SSSR count). The minimum atomic E-state index is -0.871. The van der Waals surface area contributed by atoms with Crippen LogP contribution in [-0.2, 0) is 21.1 Å². The number of aromatic nitrogens is 3. The zero-order valence-corrected chi connectivity index (χ0v) is 22.4. The van der Waals surface area contributed by atoms with Crippen molar-refractivity contribution < 1.29 is 19.5 Å². The molecule has 10 nitrogen and oxygen atoms in total. The number of aliphatic hydroxyl groups is 1. The summed E-state index contributed by atoms with van der Waals surface area (Å²) in [4.78, 5) is 47.3. The number of benzene rings is 1. The molecule has 1 spiro atoms. The first kappa shape index (κ1) is 25.1. The van der Waals surface area contributed by atoms with Crippen LogP contribution in [0.15, 0.2) is 48.6 Å². The molecule has 4 aliphatic rings. The Balaban J connectivity index is 1.41. The quantitative estimate of drug-likeness (QED) is 0.437. The zero-order chi connectivity index (χ0) is 26.7. The van der Waals surface area contributed by atoms with Gasteiger partial charge in [0.15, 0.2) is 0 Å². The summed E-state index contributed by atoms with van der Waals surface area (Å²) in [5.74, 6) is -1.60. The first-order valence-corrected chi connectivity index (χ1v) is 13.9. The fourth-order valence-corrected chi connectivity index (χ4v) is 8.79. The molecule has 2 fully saturated rings. The normalized spacial score (nSPS) is 32.6. The van der Waals surface area contributed by atoms with Gasteiger partial charge in [-0.1, -0.05) is 41.7 Å². The molecule has 0 aliphatic carbocycles. The SMILES string of the molecule is CN1CC=C[C@@]2(C)S[C@]34C=CCN(Cn5nnc6ccccc65)C(=O)C3N(CCCCO)C(=O)[C@@H]4[C@H]2C1=O. The Hall–Kier alpha value is -3.18. The van der Waals surface area contributed by atoms with Crippen LogP contribution in [0.5, 0.6) is 0 Å². The summed E-state index contributed by atoms with van der Waals surface area (Å²) in [7, 11) is 1.77. The summed E-state index contributed by atoms with van der Waals surface area (Å²) in [6.45, 7) is 3.45. The Morgan fingerprint density at radius 3 is 2.63 bits per heavy atom. The van der Waals surface area contributed by atoms with E-state index in [9.17, 15) is 19.5 Å². The zero-order valence-electron chi connectivity index (χ0n) is 21.6. The first-order chi connectivity index (χ1) is 18.3. The second-order valence-corrected chi connectivity index (χ2v) is 12.6. The number of likely N-dealkylation sites (N-methyl/N-ethyl adjacent to an activating group) is 1. The highest BCUT2D eigenvalue weighted by Crippen LogP contribution is 2.65. The van der Waals surface area contributed by atoms with Crippen LogP contribution in [0, 0.1) is 11.8 Å². The summed E-state index contributed by atoms with van der Waals surface area (Å²) in [5.41, 5.74) is 1.57. The van der Waals surface area contributed by atoms with E-state index in [0.717, 1.165) is 11.0 Å². The average molecular weight is 537 g/mol. The van der Waals surface area contributed by atoms with Gasteiger partial charge in [0, 0.05) is 38.0 Å². The molecular formula is C27H32N6O4S. The highest BCUT2D eigenvalue weighted by Gasteiger charge is 2.73. The Kier molecular flexibility index (Phi) is 6.10. The van der Waals surface area contributed by atoms with E-state index in [4.69, 9.17) is 0 Å². The van der Waals surface area contributed by atoms with Gasteiger partial charge in [-0.15, -0.1) is 16.9 Å². The lowest BCUT2D eigenvalue weighted by atomic mass is 9.74. The van der Waals surface area contributed by atoms with Gasteiger partial charge in [0.1, 0.15) is 18.2 Å². The van der Waals surface area contributed by atoms with E-state index in [0.29, 0.717) is 32.5 Å². The third-order valence-electron chi connectivity index (χ3n) is 8.37. The molecule has 0 saturated carbocycles. The number of likely N-dealkylation sites (tertiary alicyclic amines) is 1. The number of amides is 3. The van der Waals surface area contributed by atoms with Gasteiger partial charge < -0.3 is 19.8 Å². The van der Waals surface area contributed by atoms with Crippen molar-refractivity contribution >= 4 is 40.5 Å². The van der Waals surface area contributed by atoms with Crippen LogP contribution in [0.25, 0.3) is 11.0 Å². The van der Waals surface area contributed by atoms with Crippen molar-refractivity contribution in [2.75, 3.05) is 33.3 Å². The highest BCUT2D eigenvalue weighted by molar-refractivity contribution is 8.02. The van der Waals surface area contributed by atoms with Crippen LogP contribution in [0.1, 0.15) is 19.8 Å². The molecule has 200 valence electrons. The lowest BCUT2D eigenvalue weighted by Crippen LogP contribution is -2.53. The van der Waals surface area contributed by atoms with E-state index in [1.807, 2.05) is 49.4 Å². The third-order valence-corrected chi connectivity index (χ3v) is 10.2. The van der Waals surface area contributed by atoms with Crippen molar-refractivity contribution in [1.29, 1.82) is 0 Å². The van der Waals surface area contributed by atoms with Gasteiger partial charge in [0.05, 0.1) is 22.1 Å². The second-order valence-electron chi connectivity index (χ2n) is 10.8. The minimum Gasteiger partial charge on any atom is -0.396 e. The minimum absolute atomic E-state index is 0.0180. The second kappa shape index (κ2) is 9.23. The van der Waals surface area contributed by atoms with Crippen LogP contribution in [0.4, 0.5) is 0 Å². The molecule has 0 bridgehead atoms. The molecular weight excluding hydrogens is 504 g/mol. The fraction of sp³-hybridized carbons (Fsp3) is 0.519. The predicted molar refractivity (Wildman–Crippen MR) is 143 cm³/mol. The van der Waals surface area contributed by atoms with E-state index in [1.165, 1.54) is 0 Å². The molecule has 0 radical (unpaired) electrons. The van der Waals surface area contributed by atoms with Crippen LogP contribution in [0.2, 0.25) is 0 Å². The molecule has 1 aromatic heterocycles. The van der Waals surface area contributed by atoms with Gasteiger partial charge >= 0.3 is 0 Å². The first-order valence-electron chi connectivity index (χ1n) is 13.1. The van der Waals surface area contributed by atoms with Gasteiger partial charge in [0.2, 0.25) is 17.7 Å². The lowest BCUT2D eigenvalue weighted by Gasteiger charge is -2.36. The maximum atomic E-state index is 14.4. The maximum Gasteiger partial charge on any atom is 0.248 e. The number of para-hydroxylation sites is 1. The molecule has 1 aromatic carbocycles. The van der Waals surface area contributed by atoms with Gasteiger partial charge in [-0.05, 0) is 31.9 Å². The topological polar surface area (TPSA) is 112 Å². The van der Waals surface area contributed by atoms with Gasteiger partial charge in [-0.25, -0.2) is 4.68 Å². The van der Waals surface area contributed by atoms with E-state index in [-0.39, 0.29) is 31.0 Å². The van der Waals surface area contributed by atoms with Crippen molar-refractivity contribution in [2.24, 2.45) is 11.8 Å². The number of rotatable bonds is 6. The number of aliphatic hydroxyl groups excluding tert-OH is 1. The van der Waals surface area contributed by atoms with Crippen molar-refractivity contribution in [3.63, 3.8) is 0 Å². The monoisotopic (exact) mass is 536 g/mol. The van der Waals surface area contributed by atoms with E-state index >= 15 is 0 Å². The molecule has 3 amide bonds. The predicted octanol–water partition coefficient (Wildman–Crippen LogP) is 1.28. The maximum absolute atomic E-state index is 14.4. The summed E-state index contributed by atoms with van der Waals surface area (Å²) in [6, 6.07) is 6.84. The Morgan fingerprint density at radius 1 is 1.03 bits per heavy atom. The van der Waals surface area contributed by atoms with E-state index in [2.05, 4.69) is 16.4 Å². The van der Waals surface area contributed by atoms with E-state index < -0.39 is 27.4 Å². The number of carbonyl (C=O) groups is 3. The smallest absolute Gasteiger partial charge is 0.248 e. The molecule has 2 saturated heterocycles. The Morgan fingerprint density at radius 2 is 1.82 bits per heavy atom. The van der Waals surface area contributed by atoms with Gasteiger partial charge in [-0.2, -0.15) is 0 Å². The van der Waals surface area contributed by atoms with E-state index in [1.54, 1.807) is 38.2 Å². The van der Waals surface area contributed by atoms with Crippen LogP contribution >= 0.6 is 11.8 Å². The van der Waals surface area contributed by atoms with Crippen molar-refractivity contribution in [2.45, 2.75) is 42.0 Å². The number of hydrogen-bond acceptors (Lipinski definition) is 7. The standard InChI is InChI=1S/C27H32N6O4S/c1-26-11-7-13-30(2)23(35)20(26)21-24(36)32(15-5-6-16-34)22-25(37)31(14-8-12-27(21,22)38-26)17-33-19-10-4-3-9-18(19)28-29-33/h3-4,7-12,20-22,34H,5-6,13-17H2,1-2H3/t20-,21-,22?,26+,27-/m0/s1. The molecule has 38 heavy (non-hydrogen) atoms. The van der Waals surface area contributed by atoms with Crippen LogP contribution in [-0.4, -0.2) is 101 Å². The summed E-state index contributed by atoms with van der Waals surface area (Å²) in [6.07, 6.45) is 9.15. The molecule has 11 heteroatoms. The third kappa shape index (κ3) is 3.62. The van der Waals surface area contributed by atoms with Crippen molar-refractivity contribution in [1.82, 2.24) is 29.7 Å². The molecule has 5 heterocycles. The fourth-order valence-electron chi connectivity index (χ4n) is 6.63. The molecule has 5 atom stereocenters. The number of nitrogens with zero attached hydrogens (tertiary/aromatic N) is 6. The number of unbranched alkanes of at least 4 members (excludes halogenated alkanes) is 1. The number of carbonyl (C=O) groups excluding carboxylic acids is 3. The van der Waals surface area contributed by atoms with Crippen LogP contribution < -0.4 is 0 Å². The summed E-state index contributed by atoms with van der Waals surface area (Å²) >= 11 is 1.58. The van der Waals surface area contributed by atoms with Crippen molar-refractivity contribution in [3.05, 3.63) is 48.6 Å².